The molecule has 4 heteroatoms. The van der Waals surface area contributed by atoms with E-state index in [1.165, 1.54) is 5.56 Å². The van der Waals surface area contributed by atoms with Crippen LogP contribution in [0.25, 0.3) is 0 Å². The lowest BCUT2D eigenvalue weighted by Gasteiger charge is -2.10. The Labute approximate surface area is 121 Å². The number of fused-ring (bicyclic) bond motifs is 1. The van der Waals surface area contributed by atoms with Crippen molar-refractivity contribution in [2.75, 3.05) is 5.75 Å². The van der Waals surface area contributed by atoms with Crippen LogP contribution in [-0.2, 0) is 6.42 Å². The highest BCUT2D eigenvalue weighted by atomic mass is 32.2. The van der Waals surface area contributed by atoms with Gasteiger partial charge in [-0.05, 0) is 29.8 Å². The van der Waals surface area contributed by atoms with Gasteiger partial charge in [0.05, 0.1) is 5.56 Å². The molecule has 1 unspecified atom stereocenters. The molecule has 0 amide bonds. The average Bonchev–Trinajstić information content (AvgIpc) is 2.88. The van der Waals surface area contributed by atoms with Gasteiger partial charge < -0.3 is 9.84 Å². The lowest BCUT2D eigenvalue weighted by Crippen LogP contribution is -2.15. The first-order chi connectivity index (χ1) is 9.72. The summed E-state index contributed by atoms with van der Waals surface area (Å²) in [4.78, 5) is 11.9. The zero-order chi connectivity index (χ0) is 13.9. The minimum absolute atomic E-state index is 0.158. The van der Waals surface area contributed by atoms with E-state index in [-0.39, 0.29) is 6.10 Å². The zero-order valence-corrected chi connectivity index (χ0v) is 11.6. The molecule has 0 aliphatic carbocycles. The number of aromatic carboxylic acids is 1. The summed E-state index contributed by atoms with van der Waals surface area (Å²) in [6, 6.07) is 15.1. The van der Waals surface area contributed by atoms with Crippen LogP contribution >= 0.6 is 11.8 Å². The molecule has 0 saturated heterocycles. The van der Waals surface area contributed by atoms with Gasteiger partial charge in [-0.2, -0.15) is 0 Å². The van der Waals surface area contributed by atoms with Gasteiger partial charge in [-0.3, -0.25) is 0 Å². The van der Waals surface area contributed by atoms with E-state index in [1.54, 1.807) is 30.0 Å². The molecule has 3 rings (SSSR count). The number of carboxylic acid groups (broad SMARTS) is 1. The van der Waals surface area contributed by atoms with E-state index in [2.05, 4.69) is 6.07 Å². The molecule has 0 aromatic heterocycles. The maximum Gasteiger partial charge on any atom is 0.335 e. The lowest BCUT2D eigenvalue weighted by molar-refractivity contribution is 0.0696. The monoisotopic (exact) mass is 286 g/mol. The van der Waals surface area contributed by atoms with Gasteiger partial charge in [0.25, 0.3) is 0 Å². The molecule has 1 heterocycles. The third kappa shape index (κ3) is 2.80. The summed E-state index contributed by atoms with van der Waals surface area (Å²) in [6.45, 7) is 0. The SMILES string of the molecule is O=C(O)c1cccc(SCC2Cc3ccccc3O2)c1. The Morgan fingerprint density at radius 1 is 1.25 bits per heavy atom. The van der Waals surface area contributed by atoms with Crippen molar-refractivity contribution >= 4 is 17.7 Å². The van der Waals surface area contributed by atoms with Crippen molar-refractivity contribution in [2.24, 2.45) is 0 Å². The highest BCUT2D eigenvalue weighted by Gasteiger charge is 2.22. The van der Waals surface area contributed by atoms with E-state index in [9.17, 15) is 4.79 Å². The van der Waals surface area contributed by atoms with Gasteiger partial charge in [-0.15, -0.1) is 11.8 Å². The Balaban J connectivity index is 1.61. The Bertz CT molecular complexity index is 614. The first-order valence-corrected chi connectivity index (χ1v) is 7.41. The first-order valence-electron chi connectivity index (χ1n) is 6.43. The summed E-state index contributed by atoms with van der Waals surface area (Å²) >= 11 is 1.63. The number of carbonyl (C=O) groups is 1. The summed E-state index contributed by atoms with van der Waals surface area (Å²) in [7, 11) is 0. The topological polar surface area (TPSA) is 46.5 Å². The minimum Gasteiger partial charge on any atom is -0.489 e. The largest absolute Gasteiger partial charge is 0.489 e. The number of ether oxygens (including phenoxy) is 1. The van der Waals surface area contributed by atoms with Crippen LogP contribution in [0.3, 0.4) is 0 Å². The quantitative estimate of drug-likeness (QED) is 0.874. The highest BCUT2D eigenvalue weighted by Crippen LogP contribution is 2.31. The van der Waals surface area contributed by atoms with Gasteiger partial charge in [0, 0.05) is 17.1 Å². The number of hydrogen-bond donors (Lipinski definition) is 1. The van der Waals surface area contributed by atoms with Crippen molar-refractivity contribution < 1.29 is 14.6 Å². The van der Waals surface area contributed by atoms with Gasteiger partial charge in [0.2, 0.25) is 0 Å². The van der Waals surface area contributed by atoms with Crippen molar-refractivity contribution in [1.82, 2.24) is 0 Å². The van der Waals surface area contributed by atoms with E-state index >= 15 is 0 Å². The summed E-state index contributed by atoms with van der Waals surface area (Å²) < 4.78 is 5.87. The van der Waals surface area contributed by atoms with E-state index in [0.717, 1.165) is 22.8 Å². The van der Waals surface area contributed by atoms with Gasteiger partial charge in [0.1, 0.15) is 11.9 Å². The fourth-order valence-corrected chi connectivity index (χ4v) is 3.20. The number of hydrogen-bond acceptors (Lipinski definition) is 3. The normalized spacial score (nSPS) is 16.5. The van der Waals surface area contributed by atoms with Crippen molar-refractivity contribution in [3.63, 3.8) is 0 Å². The maximum atomic E-state index is 10.9. The molecular weight excluding hydrogens is 272 g/mol. The number of rotatable bonds is 4. The van der Waals surface area contributed by atoms with Gasteiger partial charge >= 0.3 is 5.97 Å². The van der Waals surface area contributed by atoms with Crippen molar-refractivity contribution in [1.29, 1.82) is 0 Å². The first kappa shape index (κ1) is 13.1. The molecule has 1 N–H and O–H groups in total. The van der Waals surface area contributed by atoms with Gasteiger partial charge in [0.15, 0.2) is 0 Å². The van der Waals surface area contributed by atoms with Crippen LogP contribution < -0.4 is 4.74 Å². The number of para-hydroxylation sites is 1. The molecule has 102 valence electrons. The second kappa shape index (κ2) is 5.59. The van der Waals surface area contributed by atoms with Crippen molar-refractivity contribution in [3.8, 4) is 5.75 Å². The van der Waals surface area contributed by atoms with E-state index < -0.39 is 5.97 Å². The molecule has 1 atom stereocenters. The molecule has 0 spiro atoms. The van der Waals surface area contributed by atoms with Crippen molar-refractivity contribution in [2.45, 2.75) is 17.4 Å². The Hall–Kier alpha value is -1.94. The molecule has 2 aromatic rings. The molecule has 1 aliphatic heterocycles. The van der Waals surface area contributed by atoms with Gasteiger partial charge in [-0.25, -0.2) is 4.79 Å². The third-order valence-corrected chi connectivity index (χ3v) is 4.36. The molecule has 20 heavy (non-hydrogen) atoms. The third-order valence-electron chi connectivity index (χ3n) is 3.23. The molecule has 0 fully saturated rings. The molecular formula is C16H14O3S. The minimum atomic E-state index is -0.892. The molecule has 3 nitrogen and oxygen atoms in total. The van der Waals surface area contributed by atoms with E-state index in [1.807, 2.05) is 24.3 Å². The maximum absolute atomic E-state index is 10.9. The molecule has 1 aliphatic rings. The number of thioether (sulfide) groups is 1. The van der Waals surface area contributed by atoms with E-state index in [4.69, 9.17) is 9.84 Å². The van der Waals surface area contributed by atoms with Crippen molar-refractivity contribution in [3.05, 3.63) is 59.7 Å². The molecule has 0 saturated carbocycles. The molecule has 0 radical (unpaired) electrons. The van der Waals surface area contributed by atoms with Crippen LogP contribution in [0.4, 0.5) is 0 Å². The van der Waals surface area contributed by atoms with Crippen LogP contribution in [0, 0.1) is 0 Å². The summed E-state index contributed by atoms with van der Waals surface area (Å²) in [5, 5.41) is 8.97. The van der Waals surface area contributed by atoms with E-state index in [0.29, 0.717) is 5.56 Å². The van der Waals surface area contributed by atoms with Crippen LogP contribution in [0.1, 0.15) is 15.9 Å². The lowest BCUT2D eigenvalue weighted by atomic mass is 10.1. The average molecular weight is 286 g/mol. The fraction of sp³-hybridized carbons (Fsp3) is 0.188. The fourth-order valence-electron chi connectivity index (χ4n) is 2.25. The zero-order valence-electron chi connectivity index (χ0n) is 10.8. The Morgan fingerprint density at radius 2 is 2.10 bits per heavy atom. The summed E-state index contributed by atoms with van der Waals surface area (Å²) in [5.74, 6) is 0.895. The number of carboxylic acids is 1. The molecule has 0 bridgehead atoms. The Kier molecular flexibility index (Phi) is 3.65. The standard InChI is InChI=1S/C16H14O3S/c17-16(18)12-5-3-6-14(9-12)20-10-13-8-11-4-1-2-7-15(11)19-13/h1-7,9,13H,8,10H2,(H,17,18). The highest BCUT2D eigenvalue weighted by molar-refractivity contribution is 7.99. The summed E-state index contributed by atoms with van der Waals surface area (Å²) in [6.07, 6.45) is 1.08. The van der Waals surface area contributed by atoms with Crippen LogP contribution in [-0.4, -0.2) is 22.9 Å². The van der Waals surface area contributed by atoms with Crippen LogP contribution in [0.5, 0.6) is 5.75 Å². The van der Waals surface area contributed by atoms with Crippen LogP contribution in [0.15, 0.2) is 53.4 Å². The molecule has 2 aromatic carbocycles. The summed E-state index contributed by atoms with van der Waals surface area (Å²) in [5.41, 5.74) is 1.57. The predicted molar refractivity (Wildman–Crippen MR) is 78.7 cm³/mol. The Morgan fingerprint density at radius 3 is 2.90 bits per heavy atom. The second-order valence-corrected chi connectivity index (χ2v) is 5.79. The number of benzene rings is 2. The second-order valence-electron chi connectivity index (χ2n) is 4.70. The predicted octanol–water partition coefficient (Wildman–Crippen LogP) is 3.48. The van der Waals surface area contributed by atoms with Gasteiger partial charge in [-0.1, -0.05) is 24.3 Å². The smallest absolute Gasteiger partial charge is 0.335 e. The van der Waals surface area contributed by atoms with Crippen LogP contribution in [0.2, 0.25) is 0 Å².